The minimum Gasteiger partial charge on any atom is -0.342 e. The van der Waals surface area contributed by atoms with Crippen LogP contribution in [0.2, 0.25) is 0 Å². The van der Waals surface area contributed by atoms with Gasteiger partial charge in [0.05, 0.1) is 6.54 Å². The topological polar surface area (TPSA) is 35.6 Å². The van der Waals surface area contributed by atoms with E-state index in [-0.39, 0.29) is 12.4 Å². The van der Waals surface area contributed by atoms with Crippen LogP contribution >= 0.6 is 12.4 Å². The molecule has 2 fully saturated rings. The molecule has 2 unspecified atom stereocenters. The lowest BCUT2D eigenvalue weighted by atomic mass is 9.93. The highest BCUT2D eigenvalue weighted by Crippen LogP contribution is 2.24. The van der Waals surface area contributed by atoms with E-state index in [4.69, 9.17) is 0 Å². The van der Waals surface area contributed by atoms with Gasteiger partial charge in [-0.1, -0.05) is 13.8 Å². The van der Waals surface area contributed by atoms with Gasteiger partial charge in [-0.25, -0.2) is 0 Å². The molecule has 0 bridgehead atoms. The molecule has 0 aromatic rings. The Kier molecular flexibility index (Phi) is 7.85. The zero-order valence-electron chi connectivity index (χ0n) is 12.9. The second-order valence-electron chi connectivity index (χ2n) is 6.01. The van der Waals surface area contributed by atoms with Gasteiger partial charge in [0.2, 0.25) is 5.91 Å². The van der Waals surface area contributed by atoms with Crippen molar-refractivity contribution in [3.8, 4) is 0 Å². The predicted octanol–water partition coefficient (Wildman–Crippen LogP) is 1.74. The van der Waals surface area contributed by atoms with Crippen molar-refractivity contribution in [2.45, 2.75) is 45.6 Å². The van der Waals surface area contributed by atoms with E-state index in [0.717, 1.165) is 51.5 Å². The lowest BCUT2D eigenvalue weighted by molar-refractivity contribution is -0.133. The minimum atomic E-state index is 0. The van der Waals surface area contributed by atoms with E-state index in [0.29, 0.717) is 18.5 Å². The highest BCUT2D eigenvalue weighted by Gasteiger charge is 2.33. The van der Waals surface area contributed by atoms with Gasteiger partial charge in [-0.3, -0.25) is 9.69 Å². The van der Waals surface area contributed by atoms with Crippen LogP contribution in [-0.4, -0.2) is 61.0 Å². The number of likely N-dealkylation sites (tertiary alicyclic amines) is 1. The summed E-state index contributed by atoms with van der Waals surface area (Å²) in [5.41, 5.74) is 0. The van der Waals surface area contributed by atoms with Gasteiger partial charge >= 0.3 is 0 Å². The molecule has 0 aromatic heterocycles. The summed E-state index contributed by atoms with van der Waals surface area (Å²) in [6.45, 7) is 10.1. The SMILES string of the molecule is CCCN(CCC)C(=O)CN1CCC2NCCC2C1.Cl. The second kappa shape index (κ2) is 8.85. The van der Waals surface area contributed by atoms with Crippen molar-refractivity contribution in [3.05, 3.63) is 0 Å². The van der Waals surface area contributed by atoms with Gasteiger partial charge < -0.3 is 10.2 Å². The number of piperidine rings is 1. The molecule has 2 aliphatic heterocycles. The van der Waals surface area contributed by atoms with Crippen molar-refractivity contribution in [1.82, 2.24) is 15.1 Å². The molecule has 0 aromatic carbocycles. The fraction of sp³-hybridized carbons (Fsp3) is 0.933. The van der Waals surface area contributed by atoms with Crippen LogP contribution in [-0.2, 0) is 4.79 Å². The maximum absolute atomic E-state index is 12.4. The van der Waals surface area contributed by atoms with Crippen molar-refractivity contribution < 1.29 is 4.79 Å². The van der Waals surface area contributed by atoms with E-state index < -0.39 is 0 Å². The largest absolute Gasteiger partial charge is 0.342 e. The molecule has 0 radical (unpaired) electrons. The lowest BCUT2D eigenvalue weighted by Gasteiger charge is -2.35. The van der Waals surface area contributed by atoms with E-state index >= 15 is 0 Å². The summed E-state index contributed by atoms with van der Waals surface area (Å²) in [4.78, 5) is 16.8. The zero-order valence-corrected chi connectivity index (χ0v) is 13.8. The normalized spacial score (nSPS) is 25.9. The average Bonchev–Trinajstić information content (AvgIpc) is 2.86. The van der Waals surface area contributed by atoms with Crippen LogP contribution < -0.4 is 5.32 Å². The molecule has 1 amide bonds. The number of amides is 1. The Balaban J connectivity index is 0.00000200. The molecule has 0 aliphatic carbocycles. The smallest absolute Gasteiger partial charge is 0.236 e. The standard InChI is InChI=1S/C15H29N3O.ClH/c1-3-8-18(9-4-2)15(19)12-17-10-6-14-13(11-17)5-7-16-14;/h13-14,16H,3-12H2,1-2H3;1H. The molecule has 2 heterocycles. The number of nitrogens with one attached hydrogen (secondary N) is 1. The Labute approximate surface area is 129 Å². The molecule has 1 N–H and O–H groups in total. The molecule has 0 spiro atoms. The number of halogens is 1. The maximum atomic E-state index is 12.4. The summed E-state index contributed by atoms with van der Waals surface area (Å²) in [5.74, 6) is 1.10. The van der Waals surface area contributed by atoms with Gasteiger partial charge in [-0.15, -0.1) is 12.4 Å². The van der Waals surface area contributed by atoms with Crippen LogP contribution in [0, 0.1) is 5.92 Å². The van der Waals surface area contributed by atoms with Crippen LogP contribution in [0.1, 0.15) is 39.5 Å². The van der Waals surface area contributed by atoms with Crippen molar-refractivity contribution in [1.29, 1.82) is 0 Å². The van der Waals surface area contributed by atoms with E-state index in [1.807, 2.05) is 4.90 Å². The first kappa shape index (κ1) is 17.7. The summed E-state index contributed by atoms with van der Waals surface area (Å²) < 4.78 is 0. The van der Waals surface area contributed by atoms with Gasteiger partial charge in [0.1, 0.15) is 0 Å². The van der Waals surface area contributed by atoms with E-state index in [1.165, 1.54) is 12.8 Å². The Morgan fingerprint density at radius 3 is 2.60 bits per heavy atom. The molecule has 0 saturated carbocycles. The van der Waals surface area contributed by atoms with Crippen molar-refractivity contribution in [2.24, 2.45) is 5.92 Å². The highest BCUT2D eigenvalue weighted by atomic mass is 35.5. The molecule has 118 valence electrons. The average molecular weight is 304 g/mol. The number of fused-ring (bicyclic) bond motifs is 1. The third-order valence-corrected chi connectivity index (χ3v) is 4.44. The van der Waals surface area contributed by atoms with Gasteiger partial charge in [0.15, 0.2) is 0 Å². The molecule has 2 rings (SSSR count). The minimum absolute atomic E-state index is 0. The Morgan fingerprint density at radius 1 is 1.25 bits per heavy atom. The number of carbonyl (C=O) groups is 1. The first-order valence-corrected chi connectivity index (χ1v) is 7.98. The first-order chi connectivity index (χ1) is 9.24. The predicted molar refractivity (Wildman–Crippen MR) is 85.4 cm³/mol. The van der Waals surface area contributed by atoms with Crippen molar-refractivity contribution in [3.63, 3.8) is 0 Å². The zero-order chi connectivity index (χ0) is 13.7. The van der Waals surface area contributed by atoms with Crippen LogP contribution in [0.5, 0.6) is 0 Å². The molecule has 2 aliphatic rings. The summed E-state index contributed by atoms with van der Waals surface area (Å²) >= 11 is 0. The lowest BCUT2D eigenvalue weighted by Crippen LogP contribution is -2.48. The highest BCUT2D eigenvalue weighted by molar-refractivity contribution is 5.85. The third-order valence-electron chi connectivity index (χ3n) is 4.44. The van der Waals surface area contributed by atoms with Gasteiger partial charge in [0.25, 0.3) is 0 Å². The summed E-state index contributed by atoms with van der Waals surface area (Å²) in [5, 5.41) is 3.57. The number of carbonyl (C=O) groups excluding carboxylic acids is 1. The van der Waals surface area contributed by atoms with Crippen LogP contribution in [0.25, 0.3) is 0 Å². The van der Waals surface area contributed by atoms with Crippen molar-refractivity contribution >= 4 is 18.3 Å². The Bertz CT molecular complexity index is 295. The molecule has 20 heavy (non-hydrogen) atoms. The molecular formula is C15H30ClN3O. The summed E-state index contributed by atoms with van der Waals surface area (Å²) in [6, 6.07) is 0.716. The molecule has 2 atom stereocenters. The summed E-state index contributed by atoms with van der Waals surface area (Å²) in [7, 11) is 0. The third kappa shape index (κ3) is 4.61. The molecule has 5 heteroatoms. The summed E-state index contributed by atoms with van der Waals surface area (Å²) in [6.07, 6.45) is 4.60. The van der Waals surface area contributed by atoms with Crippen LogP contribution in [0.4, 0.5) is 0 Å². The fourth-order valence-electron chi connectivity index (χ4n) is 3.46. The van der Waals surface area contributed by atoms with Gasteiger partial charge in [0, 0.05) is 32.2 Å². The number of nitrogens with zero attached hydrogens (tertiary/aromatic N) is 2. The van der Waals surface area contributed by atoms with E-state index in [2.05, 4.69) is 24.1 Å². The Hall–Kier alpha value is -0.320. The van der Waals surface area contributed by atoms with Gasteiger partial charge in [-0.2, -0.15) is 0 Å². The number of rotatable bonds is 6. The maximum Gasteiger partial charge on any atom is 0.236 e. The van der Waals surface area contributed by atoms with Gasteiger partial charge in [-0.05, 0) is 38.1 Å². The van der Waals surface area contributed by atoms with Crippen LogP contribution in [0.15, 0.2) is 0 Å². The molecule has 2 saturated heterocycles. The quantitative estimate of drug-likeness (QED) is 0.812. The second-order valence-corrected chi connectivity index (χ2v) is 6.01. The Morgan fingerprint density at radius 2 is 1.95 bits per heavy atom. The fourth-order valence-corrected chi connectivity index (χ4v) is 3.46. The monoisotopic (exact) mass is 303 g/mol. The molecular weight excluding hydrogens is 274 g/mol. The first-order valence-electron chi connectivity index (χ1n) is 7.98. The van der Waals surface area contributed by atoms with E-state index in [9.17, 15) is 4.79 Å². The molecule has 4 nitrogen and oxygen atoms in total. The van der Waals surface area contributed by atoms with E-state index in [1.54, 1.807) is 0 Å². The van der Waals surface area contributed by atoms with Crippen LogP contribution in [0.3, 0.4) is 0 Å². The number of hydrogen-bond donors (Lipinski definition) is 1. The number of hydrogen-bond acceptors (Lipinski definition) is 3. The van der Waals surface area contributed by atoms with Crippen molar-refractivity contribution in [2.75, 3.05) is 39.3 Å².